The van der Waals surface area contributed by atoms with Crippen LogP contribution in [0.3, 0.4) is 0 Å². The number of nitrogens with one attached hydrogen (secondary N) is 3. The number of benzene rings is 1. The average molecular weight is 369 g/mol. The van der Waals surface area contributed by atoms with E-state index in [9.17, 15) is 4.79 Å². The molecule has 1 aromatic carbocycles. The van der Waals surface area contributed by atoms with Crippen molar-refractivity contribution in [1.82, 2.24) is 15.6 Å². The van der Waals surface area contributed by atoms with Gasteiger partial charge in [-0.2, -0.15) is 0 Å². The van der Waals surface area contributed by atoms with Gasteiger partial charge in [-0.1, -0.05) is 24.3 Å². The number of pyridine rings is 1. The number of nitrogens with zero attached hydrogens (tertiary/aromatic N) is 2. The van der Waals surface area contributed by atoms with Crippen molar-refractivity contribution in [3.8, 4) is 5.75 Å². The maximum absolute atomic E-state index is 12.0. The number of anilines is 1. The Morgan fingerprint density at radius 1 is 1.19 bits per heavy atom. The molecule has 1 amide bonds. The first-order valence-corrected chi connectivity index (χ1v) is 8.99. The molecule has 0 spiro atoms. The zero-order valence-corrected chi connectivity index (χ0v) is 16.1. The van der Waals surface area contributed by atoms with Crippen molar-refractivity contribution in [2.75, 3.05) is 25.5 Å². The smallest absolute Gasteiger partial charge is 0.227 e. The number of rotatable bonds is 8. The van der Waals surface area contributed by atoms with Crippen LogP contribution in [0, 0.1) is 6.92 Å². The number of aliphatic imine (C=N–C) groups is 1. The van der Waals surface area contributed by atoms with Crippen molar-refractivity contribution in [1.29, 1.82) is 0 Å². The molecule has 0 aliphatic carbocycles. The van der Waals surface area contributed by atoms with Gasteiger partial charge in [0.1, 0.15) is 11.6 Å². The molecule has 0 radical (unpaired) electrons. The van der Waals surface area contributed by atoms with Crippen LogP contribution in [0.15, 0.2) is 47.6 Å². The van der Waals surface area contributed by atoms with Crippen molar-refractivity contribution in [3.63, 3.8) is 0 Å². The Hall–Kier alpha value is -3.09. The minimum Gasteiger partial charge on any atom is -0.496 e. The molecule has 0 fully saturated rings. The van der Waals surface area contributed by atoms with Crippen LogP contribution in [-0.2, 0) is 11.3 Å². The van der Waals surface area contributed by atoms with Crippen molar-refractivity contribution < 1.29 is 9.53 Å². The van der Waals surface area contributed by atoms with Gasteiger partial charge in [-0.3, -0.25) is 4.79 Å². The van der Waals surface area contributed by atoms with Crippen LogP contribution in [0.4, 0.5) is 5.82 Å². The van der Waals surface area contributed by atoms with E-state index < -0.39 is 0 Å². The number of guanidine groups is 1. The van der Waals surface area contributed by atoms with Crippen molar-refractivity contribution in [3.05, 3.63) is 53.7 Å². The second kappa shape index (κ2) is 10.8. The molecule has 2 aromatic rings. The lowest BCUT2D eigenvalue weighted by atomic mass is 10.2. The summed E-state index contributed by atoms with van der Waals surface area (Å²) in [5.74, 6) is 1.92. The number of aryl methyl sites for hydroxylation is 1. The average Bonchev–Trinajstić information content (AvgIpc) is 2.68. The van der Waals surface area contributed by atoms with E-state index in [1.54, 1.807) is 19.4 Å². The minimum absolute atomic E-state index is 0.0977. The lowest BCUT2D eigenvalue weighted by molar-refractivity contribution is -0.116. The Labute approximate surface area is 160 Å². The Balaban J connectivity index is 1.84. The van der Waals surface area contributed by atoms with E-state index >= 15 is 0 Å². The molecule has 1 heterocycles. The molecule has 3 N–H and O–H groups in total. The molecule has 0 unspecified atom stereocenters. The zero-order chi connectivity index (χ0) is 19.5. The van der Waals surface area contributed by atoms with E-state index in [2.05, 4.69) is 25.9 Å². The molecule has 2 rings (SSSR count). The Morgan fingerprint density at radius 2 is 2.00 bits per heavy atom. The first-order chi connectivity index (χ1) is 13.1. The van der Waals surface area contributed by atoms with E-state index in [0.717, 1.165) is 23.4 Å². The number of ether oxygens (including phenoxy) is 1. The number of aromatic nitrogens is 1. The highest BCUT2D eigenvalue weighted by molar-refractivity contribution is 5.90. The largest absolute Gasteiger partial charge is 0.496 e. The minimum atomic E-state index is -0.0977. The fraction of sp³-hybridized carbons (Fsp3) is 0.350. The van der Waals surface area contributed by atoms with Gasteiger partial charge >= 0.3 is 0 Å². The van der Waals surface area contributed by atoms with Gasteiger partial charge in [-0.05, 0) is 31.5 Å². The summed E-state index contributed by atoms with van der Waals surface area (Å²) in [6, 6.07) is 11.5. The predicted molar refractivity (Wildman–Crippen MR) is 108 cm³/mol. The molecule has 27 heavy (non-hydrogen) atoms. The molecule has 0 saturated carbocycles. The summed E-state index contributed by atoms with van der Waals surface area (Å²) < 4.78 is 5.35. The quantitative estimate of drug-likeness (QED) is 0.491. The Kier molecular flexibility index (Phi) is 8.09. The van der Waals surface area contributed by atoms with Crippen molar-refractivity contribution >= 4 is 17.7 Å². The van der Waals surface area contributed by atoms with Crippen molar-refractivity contribution in [2.45, 2.75) is 26.8 Å². The number of para-hydroxylation sites is 1. The van der Waals surface area contributed by atoms with Crippen LogP contribution in [0.25, 0.3) is 0 Å². The molecule has 0 aliphatic rings. The number of carbonyl (C=O) groups is 1. The van der Waals surface area contributed by atoms with Gasteiger partial charge in [-0.25, -0.2) is 9.98 Å². The van der Waals surface area contributed by atoms with E-state index in [-0.39, 0.29) is 5.91 Å². The first-order valence-electron chi connectivity index (χ1n) is 8.99. The van der Waals surface area contributed by atoms with E-state index in [1.807, 2.05) is 44.2 Å². The second-order valence-electron chi connectivity index (χ2n) is 5.95. The highest BCUT2D eigenvalue weighted by Crippen LogP contribution is 2.17. The normalized spacial score (nSPS) is 11.0. The van der Waals surface area contributed by atoms with Crippen LogP contribution in [0.1, 0.15) is 24.5 Å². The molecule has 7 heteroatoms. The van der Waals surface area contributed by atoms with Gasteiger partial charge in [0.05, 0.1) is 13.7 Å². The maximum atomic E-state index is 12.0. The third-order valence-corrected chi connectivity index (χ3v) is 3.77. The summed E-state index contributed by atoms with van der Waals surface area (Å²) in [5, 5.41) is 9.13. The van der Waals surface area contributed by atoms with E-state index in [0.29, 0.717) is 31.3 Å². The molecule has 0 bridgehead atoms. The summed E-state index contributed by atoms with van der Waals surface area (Å²) in [5.41, 5.74) is 2.05. The number of amides is 1. The number of hydrogen-bond donors (Lipinski definition) is 3. The monoisotopic (exact) mass is 369 g/mol. The Bertz CT molecular complexity index is 759. The van der Waals surface area contributed by atoms with Crippen molar-refractivity contribution in [2.24, 2.45) is 4.99 Å². The van der Waals surface area contributed by atoms with Crippen LogP contribution < -0.4 is 20.7 Å². The van der Waals surface area contributed by atoms with Gasteiger partial charge in [0.25, 0.3) is 0 Å². The molecule has 144 valence electrons. The molecular weight excluding hydrogens is 342 g/mol. The summed E-state index contributed by atoms with van der Waals surface area (Å²) in [7, 11) is 1.65. The molecule has 0 atom stereocenters. The van der Waals surface area contributed by atoms with Gasteiger partial charge in [0.2, 0.25) is 5.91 Å². The number of methoxy groups -OCH3 is 1. The van der Waals surface area contributed by atoms with E-state index in [4.69, 9.17) is 4.74 Å². The predicted octanol–water partition coefficient (Wildman–Crippen LogP) is 2.48. The highest BCUT2D eigenvalue weighted by atomic mass is 16.5. The van der Waals surface area contributed by atoms with Gasteiger partial charge in [-0.15, -0.1) is 0 Å². The van der Waals surface area contributed by atoms with Crippen LogP contribution in [-0.4, -0.2) is 37.1 Å². The van der Waals surface area contributed by atoms with Gasteiger partial charge in [0.15, 0.2) is 5.96 Å². The summed E-state index contributed by atoms with van der Waals surface area (Å²) in [6.45, 7) is 5.64. The fourth-order valence-electron chi connectivity index (χ4n) is 2.38. The van der Waals surface area contributed by atoms with Gasteiger partial charge in [0, 0.05) is 31.3 Å². The van der Waals surface area contributed by atoms with Crippen LogP contribution in [0.5, 0.6) is 5.75 Å². The maximum Gasteiger partial charge on any atom is 0.227 e. The highest BCUT2D eigenvalue weighted by Gasteiger charge is 2.05. The lowest BCUT2D eigenvalue weighted by Crippen LogP contribution is -2.38. The zero-order valence-electron chi connectivity index (χ0n) is 16.1. The summed E-state index contributed by atoms with van der Waals surface area (Å²) in [4.78, 5) is 20.8. The summed E-state index contributed by atoms with van der Waals surface area (Å²) in [6.07, 6.45) is 2.04. The standard InChI is InChI=1S/C20H27N5O2/c1-4-21-20(24-14-16-7-5-6-8-17(16)27-3)22-12-11-19(26)25-18-10-9-15(2)13-23-18/h5-10,13H,4,11-12,14H2,1-3H3,(H2,21,22,24)(H,23,25,26). The lowest BCUT2D eigenvalue weighted by Gasteiger charge is -2.12. The van der Waals surface area contributed by atoms with Gasteiger partial charge < -0.3 is 20.7 Å². The fourth-order valence-corrected chi connectivity index (χ4v) is 2.38. The topological polar surface area (TPSA) is 87.6 Å². The van der Waals surface area contributed by atoms with Crippen LogP contribution >= 0.6 is 0 Å². The molecule has 0 saturated heterocycles. The van der Waals surface area contributed by atoms with E-state index in [1.165, 1.54) is 0 Å². The second-order valence-corrected chi connectivity index (χ2v) is 5.95. The Morgan fingerprint density at radius 3 is 2.70 bits per heavy atom. The van der Waals surface area contributed by atoms with Crippen LogP contribution in [0.2, 0.25) is 0 Å². The molecule has 7 nitrogen and oxygen atoms in total. The molecule has 0 aliphatic heterocycles. The number of hydrogen-bond acceptors (Lipinski definition) is 4. The third kappa shape index (κ3) is 6.97. The third-order valence-electron chi connectivity index (χ3n) is 3.77. The summed E-state index contributed by atoms with van der Waals surface area (Å²) >= 11 is 0. The SMILES string of the molecule is CCNC(=NCc1ccccc1OC)NCCC(=O)Nc1ccc(C)cn1. The number of carbonyl (C=O) groups excluding carboxylic acids is 1. The molecule has 1 aromatic heterocycles. The molecular formula is C20H27N5O2. The first kappa shape index (κ1) is 20.2.